The summed E-state index contributed by atoms with van der Waals surface area (Å²) in [4.78, 5) is 14.8. The average molecular weight is 373 g/mol. The summed E-state index contributed by atoms with van der Waals surface area (Å²) in [5.41, 5.74) is 2.65. The molecule has 1 N–H and O–H groups in total. The van der Waals surface area contributed by atoms with Gasteiger partial charge in [-0.25, -0.2) is 0 Å². The van der Waals surface area contributed by atoms with E-state index in [1.165, 1.54) is 11.1 Å². The van der Waals surface area contributed by atoms with Crippen LogP contribution < -0.4 is 5.32 Å². The number of hydrogen-bond donors (Lipinski definition) is 1. The second-order valence-corrected chi connectivity index (χ2v) is 8.06. The number of nitrogens with zero attached hydrogens (tertiary/aromatic N) is 1. The Labute approximate surface area is 160 Å². The van der Waals surface area contributed by atoms with Crippen molar-refractivity contribution in [1.29, 1.82) is 0 Å². The third-order valence-corrected chi connectivity index (χ3v) is 5.84. The first-order valence-corrected chi connectivity index (χ1v) is 10.5. The number of rotatable bonds is 8. The Balaban J connectivity index is 1.30. The summed E-state index contributed by atoms with van der Waals surface area (Å²) < 4.78 is 5.30. The van der Waals surface area contributed by atoms with Gasteiger partial charge in [-0.05, 0) is 50.6 Å². The predicted octanol–water partition coefficient (Wildman–Crippen LogP) is 3.85. The van der Waals surface area contributed by atoms with E-state index in [-0.39, 0.29) is 11.8 Å². The molecule has 3 rings (SSSR count). The van der Waals surface area contributed by atoms with Gasteiger partial charge in [0.05, 0.1) is 12.0 Å². The molecule has 2 heterocycles. The minimum atomic E-state index is 0.166. The minimum Gasteiger partial charge on any atom is -0.468 e. The Hall–Kier alpha value is -1.72. The number of nitrogens with one attached hydrogen (secondary N) is 1. The highest BCUT2D eigenvalue weighted by atomic mass is 32.2. The molecular formula is C21H28N2O2S. The van der Waals surface area contributed by atoms with Crippen LogP contribution in [0.15, 0.2) is 47.1 Å². The van der Waals surface area contributed by atoms with Gasteiger partial charge in [0.1, 0.15) is 5.76 Å². The lowest BCUT2D eigenvalue weighted by atomic mass is 9.95. The zero-order chi connectivity index (χ0) is 18.2. The van der Waals surface area contributed by atoms with Crippen LogP contribution in [0.25, 0.3) is 0 Å². The van der Waals surface area contributed by atoms with E-state index in [0.717, 1.165) is 56.3 Å². The van der Waals surface area contributed by atoms with Crippen LogP contribution in [0.2, 0.25) is 0 Å². The second kappa shape index (κ2) is 9.83. The van der Waals surface area contributed by atoms with Crippen LogP contribution >= 0.6 is 11.8 Å². The number of thioether (sulfide) groups is 1. The van der Waals surface area contributed by atoms with Gasteiger partial charge in [-0.15, -0.1) is 0 Å². The van der Waals surface area contributed by atoms with E-state index in [2.05, 4.69) is 41.4 Å². The van der Waals surface area contributed by atoms with E-state index in [4.69, 9.17) is 4.42 Å². The van der Waals surface area contributed by atoms with E-state index in [1.807, 2.05) is 12.1 Å². The molecule has 2 aromatic rings. The Kier molecular flexibility index (Phi) is 7.21. The number of hydrogen-bond acceptors (Lipinski definition) is 4. The van der Waals surface area contributed by atoms with Gasteiger partial charge >= 0.3 is 0 Å². The van der Waals surface area contributed by atoms with Crippen LogP contribution in [-0.4, -0.2) is 36.2 Å². The molecule has 1 fully saturated rings. The molecule has 0 bridgehead atoms. The van der Waals surface area contributed by atoms with Crippen molar-refractivity contribution in [1.82, 2.24) is 10.2 Å². The number of aryl methyl sites for hydroxylation is 1. The normalized spacial score (nSPS) is 15.9. The highest BCUT2D eigenvalue weighted by Gasteiger charge is 2.24. The minimum absolute atomic E-state index is 0.166. The molecule has 1 aliphatic rings. The van der Waals surface area contributed by atoms with E-state index < -0.39 is 0 Å². The van der Waals surface area contributed by atoms with Crippen molar-refractivity contribution in [3.05, 3.63) is 59.5 Å². The maximum absolute atomic E-state index is 12.3. The Morgan fingerprint density at radius 1 is 1.23 bits per heavy atom. The number of carbonyl (C=O) groups excluding carboxylic acids is 1. The summed E-state index contributed by atoms with van der Waals surface area (Å²) >= 11 is 1.79. The molecule has 1 aromatic carbocycles. The standard InChI is InChI=1S/C21H28N2O2S/c1-17-4-6-18(7-5-17)15-23-11-8-19(9-12-23)21(24)22-10-14-26-16-20-3-2-13-25-20/h2-7,13,19H,8-12,14-16H2,1H3,(H,22,24). The molecule has 1 amide bonds. The van der Waals surface area contributed by atoms with Gasteiger partial charge in [0.2, 0.25) is 5.91 Å². The first kappa shape index (κ1) is 19.1. The molecule has 26 heavy (non-hydrogen) atoms. The molecule has 4 nitrogen and oxygen atoms in total. The number of likely N-dealkylation sites (tertiary alicyclic amines) is 1. The fourth-order valence-corrected chi connectivity index (χ4v) is 4.02. The van der Waals surface area contributed by atoms with E-state index >= 15 is 0 Å². The van der Waals surface area contributed by atoms with Crippen LogP contribution in [0, 0.1) is 12.8 Å². The Bertz CT molecular complexity index is 662. The summed E-state index contributed by atoms with van der Waals surface area (Å²) in [6.45, 7) is 5.83. The molecular weight excluding hydrogens is 344 g/mol. The molecule has 1 aliphatic heterocycles. The molecule has 5 heteroatoms. The van der Waals surface area contributed by atoms with E-state index in [1.54, 1.807) is 18.0 Å². The van der Waals surface area contributed by atoms with Crippen LogP contribution in [0.3, 0.4) is 0 Å². The fourth-order valence-electron chi connectivity index (χ4n) is 3.26. The SMILES string of the molecule is Cc1ccc(CN2CCC(C(=O)NCCSCc3ccco3)CC2)cc1. The van der Waals surface area contributed by atoms with Crippen molar-refractivity contribution in [3.63, 3.8) is 0 Å². The van der Waals surface area contributed by atoms with Crippen molar-refractivity contribution in [3.8, 4) is 0 Å². The lowest BCUT2D eigenvalue weighted by Gasteiger charge is -2.31. The van der Waals surface area contributed by atoms with Crippen LogP contribution in [0.4, 0.5) is 0 Å². The number of benzene rings is 1. The van der Waals surface area contributed by atoms with Crippen molar-refractivity contribution in [2.24, 2.45) is 5.92 Å². The molecule has 0 radical (unpaired) electrons. The molecule has 0 aliphatic carbocycles. The quantitative estimate of drug-likeness (QED) is 0.715. The number of carbonyl (C=O) groups is 1. The molecule has 0 atom stereocenters. The van der Waals surface area contributed by atoms with E-state index in [9.17, 15) is 4.79 Å². The summed E-state index contributed by atoms with van der Waals surface area (Å²) in [7, 11) is 0. The van der Waals surface area contributed by atoms with Gasteiger partial charge in [0.25, 0.3) is 0 Å². The summed E-state index contributed by atoms with van der Waals surface area (Å²) in [6, 6.07) is 12.6. The van der Waals surface area contributed by atoms with Gasteiger partial charge in [-0.1, -0.05) is 29.8 Å². The molecule has 0 saturated carbocycles. The Morgan fingerprint density at radius 2 is 2.00 bits per heavy atom. The van der Waals surface area contributed by atoms with Crippen molar-refractivity contribution >= 4 is 17.7 Å². The summed E-state index contributed by atoms with van der Waals surface area (Å²) in [5, 5.41) is 3.09. The van der Waals surface area contributed by atoms with Crippen molar-refractivity contribution in [2.75, 3.05) is 25.4 Å². The largest absolute Gasteiger partial charge is 0.468 e. The first-order chi connectivity index (χ1) is 12.7. The Morgan fingerprint density at radius 3 is 2.69 bits per heavy atom. The molecule has 140 valence electrons. The van der Waals surface area contributed by atoms with Crippen LogP contribution in [-0.2, 0) is 17.1 Å². The lowest BCUT2D eigenvalue weighted by Crippen LogP contribution is -2.40. The zero-order valence-electron chi connectivity index (χ0n) is 15.4. The molecule has 0 spiro atoms. The first-order valence-electron chi connectivity index (χ1n) is 9.36. The third-order valence-electron chi connectivity index (χ3n) is 4.86. The summed E-state index contributed by atoms with van der Waals surface area (Å²) in [6.07, 6.45) is 3.61. The predicted molar refractivity (Wildman–Crippen MR) is 107 cm³/mol. The second-order valence-electron chi connectivity index (χ2n) is 6.96. The number of amides is 1. The molecule has 1 saturated heterocycles. The number of furan rings is 1. The van der Waals surface area contributed by atoms with Gasteiger partial charge in [0.15, 0.2) is 0 Å². The third kappa shape index (κ3) is 5.92. The van der Waals surface area contributed by atoms with E-state index in [0.29, 0.717) is 0 Å². The average Bonchev–Trinajstić information content (AvgIpc) is 3.17. The highest BCUT2D eigenvalue weighted by molar-refractivity contribution is 7.98. The summed E-state index contributed by atoms with van der Waals surface area (Å²) in [5.74, 6) is 3.15. The van der Waals surface area contributed by atoms with Gasteiger partial charge < -0.3 is 9.73 Å². The van der Waals surface area contributed by atoms with Crippen LogP contribution in [0.5, 0.6) is 0 Å². The zero-order valence-corrected chi connectivity index (χ0v) is 16.3. The van der Waals surface area contributed by atoms with Crippen molar-refractivity contribution < 1.29 is 9.21 Å². The smallest absolute Gasteiger partial charge is 0.223 e. The van der Waals surface area contributed by atoms with Gasteiger partial charge in [0, 0.05) is 24.8 Å². The van der Waals surface area contributed by atoms with Gasteiger partial charge in [-0.2, -0.15) is 11.8 Å². The number of piperidine rings is 1. The lowest BCUT2D eigenvalue weighted by molar-refractivity contribution is -0.126. The monoisotopic (exact) mass is 372 g/mol. The maximum atomic E-state index is 12.3. The maximum Gasteiger partial charge on any atom is 0.223 e. The van der Waals surface area contributed by atoms with Crippen molar-refractivity contribution in [2.45, 2.75) is 32.1 Å². The van der Waals surface area contributed by atoms with Crippen LogP contribution in [0.1, 0.15) is 29.7 Å². The molecule has 0 unspecified atom stereocenters. The topological polar surface area (TPSA) is 45.5 Å². The van der Waals surface area contributed by atoms with Gasteiger partial charge in [-0.3, -0.25) is 9.69 Å². The fraction of sp³-hybridized carbons (Fsp3) is 0.476. The highest BCUT2D eigenvalue weighted by Crippen LogP contribution is 2.19. The molecule has 1 aromatic heterocycles.